The number of nitrogens with zero attached hydrogens (tertiary/aromatic N) is 6. The lowest BCUT2D eigenvalue weighted by molar-refractivity contribution is -0.132. The number of hydrogen-bond acceptors (Lipinski definition) is 5. The Kier molecular flexibility index (Phi) is 5.62. The maximum Gasteiger partial charge on any atom is 0.225 e. The van der Waals surface area contributed by atoms with Gasteiger partial charge >= 0.3 is 0 Å². The lowest BCUT2D eigenvalue weighted by Gasteiger charge is -2.24. The maximum atomic E-state index is 12.7. The minimum Gasteiger partial charge on any atom is -0.334 e. The highest BCUT2D eigenvalue weighted by Gasteiger charge is 2.30. The summed E-state index contributed by atoms with van der Waals surface area (Å²) in [6.45, 7) is 1.26. The molecular formula is C20H21ClN6O. The minimum atomic E-state index is 0.0472. The molecule has 1 aromatic carbocycles. The van der Waals surface area contributed by atoms with Gasteiger partial charge < -0.3 is 4.90 Å². The van der Waals surface area contributed by atoms with Crippen molar-refractivity contribution in [2.45, 2.75) is 38.3 Å². The molecule has 0 N–H and O–H groups in total. The number of benzene rings is 1. The first-order valence-electron chi connectivity index (χ1n) is 9.38. The minimum absolute atomic E-state index is 0.0472. The summed E-state index contributed by atoms with van der Waals surface area (Å²) in [4.78, 5) is 19.3. The Labute approximate surface area is 168 Å². The van der Waals surface area contributed by atoms with Crippen molar-refractivity contribution in [3.05, 3.63) is 70.8 Å². The molecule has 1 fully saturated rings. The van der Waals surface area contributed by atoms with E-state index < -0.39 is 0 Å². The lowest BCUT2D eigenvalue weighted by Crippen LogP contribution is -2.31. The van der Waals surface area contributed by atoms with Crippen LogP contribution in [0.3, 0.4) is 0 Å². The molecule has 0 bridgehead atoms. The van der Waals surface area contributed by atoms with E-state index in [4.69, 9.17) is 11.6 Å². The van der Waals surface area contributed by atoms with E-state index in [1.165, 1.54) is 11.9 Å². The van der Waals surface area contributed by atoms with E-state index in [1.807, 2.05) is 41.4 Å². The second kappa shape index (κ2) is 8.48. The van der Waals surface area contributed by atoms with Crippen LogP contribution in [0.4, 0.5) is 0 Å². The fraction of sp³-hybridized carbons (Fsp3) is 0.350. The number of likely N-dealkylation sites (tertiary alicyclic amines) is 1. The van der Waals surface area contributed by atoms with Gasteiger partial charge in [0, 0.05) is 24.2 Å². The molecule has 8 heteroatoms. The zero-order chi connectivity index (χ0) is 19.3. The van der Waals surface area contributed by atoms with Crippen molar-refractivity contribution in [2.75, 3.05) is 6.54 Å². The summed E-state index contributed by atoms with van der Waals surface area (Å²) < 4.78 is 1.58. The number of aryl methyl sites for hydroxylation is 1. The molecule has 1 amide bonds. The van der Waals surface area contributed by atoms with E-state index in [0.29, 0.717) is 13.0 Å². The average Bonchev–Trinajstić information content (AvgIpc) is 3.40. The van der Waals surface area contributed by atoms with Crippen LogP contribution in [-0.4, -0.2) is 42.5 Å². The smallest absolute Gasteiger partial charge is 0.225 e. The summed E-state index contributed by atoms with van der Waals surface area (Å²) in [6.07, 6.45) is 6.57. The lowest BCUT2D eigenvalue weighted by atomic mass is 10.0. The van der Waals surface area contributed by atoms with Gasteiger partial charge in [-0.25, -0.2) is 4.68 Å². The van der Waals surface area contributed by atoms with Gasteiger partial charge in [0.25, 0.3) is 0 Å². The molecule has 0 radical (unpaired) electrons. The van der Waals surface area contributed by atoms with Crippen LogP contribution in [0, 0.1) is 0 Å². The predicted octanol–water partition coefficient (Wildman–Crippen LogP) is 3.07. The van der Waals surface area contributed by atoms with E-state index in [-0.39, 0.29) is 11.9 Å². The Balaban J connectivity index is 1.39. The van der Waals surface area contributed by atoms with E-state index >= 15 is 0 Å². The molecule has 1 saturated heterocycles. The van der Waals surface area contributed by atoms with Crippen molar-refractivity contribution in [1.82, 2.24) is 30.1 Å². The highest BCUT2D eigenvalue weighted by molar-refractivity contribution is 6.30. The predicted molar refractivity (Wildman–Crippen MR) is 105 cm³/mol. The van der Waals surface area contributed by atoms with E-state index in [9.17, 15) is 4.79 Å². The third kappa shape index (κ3) is 4.36. The number of carbonyl (C=O) groups is 1. The third-order valence-electron chi connectivity index (χ3n) is 5.03. The zero-order valence-electron chi connectivity index (χ0n) is 15.4. The molecule has 28 heavy (non-hydrogen) atoms. The molecule has 2 aromatic heterocycles. The van der Waals surface area contributed by atoms with Gasteiger partial charge in [-0.3, -0.25) is 9.78 Å². The van der Waals surface area contributed by atoms with Crippen molar-refractivity contribution in [2.24, 2.45) is 0 Å². The quantitative estimate of drug-likeness (QED) is 0.640. The van der Waals surface area contributed by atoms with Gasteiger partial charge in [-0.15, -0.1) is 5.10 Å². The van der Waals surface area contributed by atoms with Gasteiger partial charge in [-0.1, -0.05) is 29.8 Å². The molecule has 1 aliphatic rings. The topological polar surface area (TPSA) is 76.8 Å². The fourth-order valence-corrected chi connectivity index (χ4v) is 3.71. The summed E-state index contributed by atoms with van der Waals surface area (Å²) in [5.74, 6) is 0.116. The number of carbonyl (C=O) groups excluding carboxylic acids is 1. The average molecular weight is 397 g/mol. The van der Waals surface area contributed by atoms with E-state index in [1.54, 1.807) is 4.68 Å². The molecule has 144 valence electrons. The van der Waals surface area contributed by atoms with Crippen molar-refractivity contribution in [3.63, 3.8) is 0 Å². The van der Waals surface area contributed by atoms with Crippen LogP contribution in [0.15, 0.2) is 48.9 Å². The van der Waals surface area contributed by atoms with E-state index in [2.05, 4.69) is 26.6 Å². The summed E-state index contributed by atoms with van der Waals surface area (Å²) in [5.41, 5.74) is 3.29. The van der Waals surface area contributed by atoms with Crippen LogP contribution < -0.4 is 0 Å². The van der Waals surface area contributed by atoms with Crippen LogP contribution in [0.2, 0.25) is 5.02 Å². The Morgan fingerprint density at radius 1 is 1.14 bits per heavy atom. The zero-order valence-corrected chi connectivity index (χ0v) is 16.2. The molecule has 3 heterocycles. The normalized spacial score (nSPS) is 16.5. The van der Waals surface area contributed by atoms with Crippen LogP contribution in [-0.2, 0) is 17.8 Å². The van der Waals surface area contributed by atoms with Crippen molar-refractivity contribution < 1.29 is 4.79 Å². The van der Waals surface area contributed by atoms with Gasteiger partial charge in [-0.05, 0) is 59.0 Å². The van der Waals surface area contributed by atoms with Crippen molar-refractivity contribution in [1.29, 1.82) is 0 Å². The molecule has 0 saturated carbocycles. The number of aromatic nitrogens is 5. The second-order valence-electron chi connectivity index (χ2n) is 6.96. The number of hydrogen-bond donors (Lipinski definition) is 0. The van der Waals surface area contributed by atoms with Gasteiger partial charge in [0.2, 0.25) is 5.91 Å². The first-order valence-corrected chi connectivity index (χ1v) is 9.76. The molecule has 0 spiro atoms. The Morgan fingerprint density at radius 2 is 1.96 bits per heavy atom. The van der Waals surface area contributed by atoms with Crippen molar-refractivity contribution in [3.8, 4) is 0 Å². The Morgan fingerprint density at radius 3 is 2.68 bits per heavy atom. The molecule has 7 nitrogen and oxygen atoms in total. The fourth-order valence-electron chi connectivity index (χ4n) is 3.58. The Hall–Kier alpha value is -2.80. The second-order valence-corrected chi connectivity index (χ2v) is 7.40. The Bertz CT molecular complexity index is 911. The standard InChI is InChI=1S/C20H21ClN6O/c21-17-6-3-15(4-7-17)12-16-5-8-18(22-13-16)19-2-1-10-27(19)20(28)9-11-26-14-23-24-25-26/h3-8,13-14,19H,1-2,9-12H2/t19-/m0/s1. The van der Waals surface area contributed by atoms with Gasteiger partial charge in [0.1, 0.15) is 6.33 Å². The van der Waals surface area contributed by atoms with E-state index in [0.717, 1.165) is 42.1 Å². The number of halogens is 1. The molecule has 1 aliphatic heterocycles. The highest BCUT2D eigenvalue weighted by atomic mass is 35.5. The summed E-state index contributed by atoms with van der Waals surface area (Å²) in [7, 11) is 0. The molecule has 4 rings (SSSR count). The molecule has 1 atom stereocenters. The third-order valence-corrected chi connectivity index (χ3v) is 5.28. The van der Waals surface area contributed by atoms with Crippen LogP contribution in [0.1, 0.15) is 42.1 Å². The van der Waals surface area contributed by atoms with Crippen LogP contribution in [0.5, 0.6) is 0 Å². The molecular weight excluding hydrogens is 376 g/mol. The van der Waals surface area contributed by atoms with Crippen LogP contribution in [0.25, 0.3) is 0 Å². The van der Waals surface area contributed by atoms with Gasteiger partial charge in [0.15, 0.2) is 0 Å². The SMILES string of the molecule is O=C(CCn1cnnn1)N1CCC[C@H]1c1ccc(Cc2ccc(Cl)cc2)cn1. The first-order chi connectivity index (χ1) is 13.7. The summed E-state index contributed by atoms with van der Waals surface area (Å²) >= 11 is 5.94. The number of rotatable bonds is 6. The van der Waals surface area contributed by atoms with Crippen LogP contribution >= 0.6 is 11.6 Å². The summed E-state index contributed by atoms with van der Waals surface area (Å²) in [6, 6.07) is 12.0. The number of tetrazole rings is 1. The summed E-state index contributed by atoms with van der Waals surface area (Å²) in [5, 5.41) is 11.7. The first kappa shape index (κ1) is 18.6. The molecule has 0 aliphatic carbocycles. The number of amides is 1. The van der Waals surface area contributed by atoms with Gasteiger partial charge in [-0.2, -0.15) is 0 Å². The maximum absolute atomic E-state index is 12.7. The molecule has 0 unspecified atom stereocenters. The largest absolute Gasteiger partial charge is 0.334 e. The monoisotopic (exact) mass is 396 g/mol. The number of pyridine rings is 1. The highest BCUT2D eigenvalue weighted by Crippen LogP contribution is 2.31. The molecule has 3 aromatic rings. The van der Waals surface area contributed by atoms with Crippen molar-refractivity contribution >= 4 is 17.5 Å². The van der Waals surface area contributed by atoms with Gasteiger partial charge in [0.05, 0.1) is 18.3 Å².